The van der Waals surface area contributed by atoms with Crippen molar-refractivity contribution in [3.8, 4) is 0 Å². The minimum Gasteiger partial charge on any atom is -0.314 e. The molecular formula is C14H21FN2. The molecule has 17 heavy (non-hydrogen) atoms. The number of halogens is 1. The molecule has 0 saturated carbocycles. The van der Waals surface area contributed by atoms with Crippen molar-refractivity contribution in [2.24, 2.45) is 5.92 Å². The summed E-state index contributed by atoms with van der Waals surface area (Å²) in [5.41, 5.74) is 1.23. The Labute approximate surface area is 103 Å². The lowest BCUT2D eigenvalue weighted by Gasteiger charge is -2.29. The van der Waals surface area contributed by atoms with Gasteiger partial charge in [0.15, 0.2) is 0 Å². The maximum Gasteiger partial charge on any atom is 0.123 e. The van der Waals surface area contributed by atoms with E-state index in [1.54, 1.807) is 12.1 Å². The maximum absolute atomic E-state index is 12.8. The van der Waals surface area contributed by atoms with E-state index < -0.39 is 0 Å². The highest BCUT2D eigenvalue weighted by molar-refractivity contribution is 5.16. The van der Waals surface area contributed by atoms with E-state index in [-0.39, 0.29) is 5.82 Å². The fourth-order valence-electron chi connectivity index (χ4n) is 2.42. The number of hydrogen-bond donors (Lipinski definition) is 1. The monoisotopic (exact) mass is 236 g/mol. The van der Waals surface area contributed by atoms with Crippen LogP contribution in [-0.4, -0.2) is 37.6 Å². The molecule has 1 aromatic carbocycles. The Balaban J connectivity index is 1.79. The van der Waals surface area contributed by atoms with Crippen molar-refractivity contribution in [1.82, 2.24) is 10.2 Å². The largest absolute Gasteiger partial charge is 0.314 e. The second kappa shape index (κ2) is 6.12. The Morgan fingerprint density at radius 1 is 1.24 bits per heavy atom. The molecule has 2 rings (SSSR count). The van der Waals surface area contributed by atoms with Gasteiger partial charge < -0.3 is 10.2 Å². The van der Waals surface area contributed by atoms with Crippen molar-refractivity contribution in [2.75, 3.05) is 32.7 Å². The Hall–Kier alpha value is -0.930. The highest BCUT2D eigenvalue weighted by Crippen LogP contribution is 2.11. The summed E-state index contributed by atoms with van der Waals surface area (Å²) >= 11 is 0. The maximum atomic E-state index is 12.8. The predicted molar refractivity (Wildman–Crippen MR) is 68.6 cm³/mol. The van der Waals surface area contributed by atoms with Gasteiger partial charge in [0.25, 0.3) is 0 Å². The van der Waals surface area contributed by atoms with Gasteiger partial charge in [-0.15, -0.1) is 0 Å². The van der Waals surface area contributed by atoms with Gasteiger partial charge in [0.2, 0.25) is 0 Å². The highest BCUT2D eigenvalue weighted by Gasteiger charge is 2.13. The van der Waals surface area contributed by atoms with Crippen molar-refractivity contribution in [3.63, 3.8) is 0 Å². The van der Waals surface area contributed by atoms with Gasteiger partial charge in [-0.1, -0.05) is 19.1 Å². The summed E-state index contributed by atoms with van der Waals surface area (Å²) in [5, 5.41) is 3.36. The van der Waals surface area contributed by atoms with Crippen LogP contribution in [-0.2, 0) is 6.42 Å². The first-order chi connectivity index (χ1) is 8.24. The summed E-state index contributed by atoms with van der Waals surface area (Å²) in [4.78, 5) is 2.50. The van der Waals surface area contributed by atoms with Crippen LogP contribution >= 0.6 is 0 Å². The van der Waals surface area contributed by atoms with Crippen LogP contribution in [0.4, 0.5) is 4.39 Å². The van der Waals surface area contributed by atoms with Crippen molar-refractivity contribution in [3.05, 3.63) is 35.6 Å². The summed E-state index contributed by atoms with van der Waals surface area (Å²) < 4.78 is 12.8. The van der Waals surface area contributed by atoms with Crippen LogP contribution in [0.25, 0.3) is 0 Å². The third kappa shape index (κ3) is 4.10. The van der Waals surface area contributed by atoms with Crippen LogP contribution in [0.2, 0.25) is 0 Å². The third-order valence-electron chi connectivity index (χ3n) is 3.28. The third-order valence-corrected chi connectivity index (χ3v) is 3.28. The molecule has 1 aromatic rings. The van der Waals surface area contributed by atoms with E-state index in [9.17, 15) is 4.39 Å². The van der Waals surface area contributed by atoms with Crippen LogP contribution < -0.4 is 5.32 Å². The Bertz CT molecular complexity index is 331. The first kappa shape index (κ1) is 12.5. The zero-order valence-corrected chi connectivity index (χ0v) is 10.5. The normalized spacial score (nSPS) is 19.2. The standard InChI is InChI=1S/C14H21FN2/c1-12(11-17-8-6-16-7-9-17)10-13-2-4-14(15)5-3-13/h2-5,12,16H,6-11H2,1H3. The number of benzene rings is 1. The molecule has 1 N–H and O–H groups in total. The lowest BCUT2D eigenvalue weighted by Crippen LogP contribution is -2.45. The molecule has 2 nitrogen and oxygen atoms in total. The Morgan fingerprint density at radius 3 is 2.53 bits per heavy atom. The van der Waals surface area contributed by atoms with Crippen molar-refractivity contribution in [1.29, 1.82) is 0 Å². The molecule has 0 radical (unpaired) electrons. The molecule has 1 aliphatic rings. The van der Waals surface area contributed by atoms with Gasteiger partial charge in [0.05, 0.1) is 0 Å². The van der Waals surface area contributed by atoms with Gasteiger partial charge in [0, 0.05) is 32.7 Å². The molecule has 1 aliphatic heterocycles. The van der Waals surface area contributed by atoms with Gasteiger partial charge in [-0.05, 0) is 30.0 Å². The summed E-state index contributed by atoms with van der Waals surface area (Å²) in [6.45, 7) is 7.90. The average molecular weight is 236 g/mol. The molecule has 0 bridgehead atoms. The predicted octanol–water partition coefficient (Wildman–Crippen LogP) is 1.91. The van der Waals surface area contributed by atoms with Crippen LogP contribution in [0.3, 0.4) is 0 Å². The van der Waals surface area contributed by atoms with Crippen LogP contribution in [0.15, 0.2) is 24.3 Å². The van der Waals surface area contributed by atoms with Crippen LogP contribution in [0.1, 0.15) is 12.5 Å². The second-order valence-electron chi connectivity index (χ2n) is 4.99. The Kier molecular flexibility index (Phi) is 4.51. The molecule has 1 fully saturated rings. The minimum absolute atomic E-state index is 0.150. The molecule has 94 valence electrons. The van der Waals surface area contributed by atoms with Crippen LogP contribution in [0.5, 0.6) is 0 Å². The molecule has 3 heteroatoms. The van der Waals surface area contributed by atoms with Gasteiger partial charge >= 0.3 is 0 Å². The van der Waals surface area contributed by atoms with E-state index in [0.717, 1.165) is 39.1 Å². The smallest absolute Gasteiger partial charge is 0.123 e. The van der Waals surface area contributed by atoms with Gasteiger partial charge in [-0.3, -0.25) is 0 Å². The fraction of sp³-hybridized carbons (Fsp3) is 0.571. The van der Waals surface area contributed by atoms with E-state index in [4.69, 9.17) is 0 Å². The minimum atomic E-state index is -0.150. The summed E-state index contributed by atoms with van der Waals surface area (Å²) in [5.74, 6) is 0.474. The molecule has 0 aliphatic carbocycles. The summed E-state index contributed by atoms with van der Waals surface area (Å²) in [7, 11) is 0. The SMILES string of the molecule is CC(Cc1ccc(F)cc1)CN1CCNCC1. The fourth-order valence-corrected chi connectivity index (χ4v) is 2.42. The number of hydrogen-bond acceptors (Lipinski definition) is 2. The highest BCUT2D eigenvalue weighted by atomic mass is 19.1. The lowest BCUT2D eigenvalue weighted by atomic mass is 10.0. The van der Waals surface area contributed by atoms with E-state index in [1.807, 2.05) is 12.1 Å². The lowest BCUT2D eigenvalue weighted by molar-refractivity contribution is 0.211. The summed E-state index contributed by atoms with van der Waals surface area (Å²) in [6.07, 6.45) is 1.03. The van der Waals surface area contributed by atoms with Crippen molar-refractivity contribution >= 4 is 0 Å². The first-order valence-electron chi connectivity index (χ1n) is 6.41. The van der Waals surface area contributed by atoms with Gasteiger partial charge in [-0.25, -0.2) is 4.39 Å². The quantitative estimate of drug-likeness (QED) is 0.859. The van der Waals surface area contributed by atoms with Crippen molar-refractivity contribution < 1.29 is 4.39 Å². The molecule has 0 amide bonds. The molecule has 1 unspecified atom stereocenters. The zero-order valence-electron chi connectivity index (χ0n) is 10.5. The van der Waals surface area contributed by atoms with E-state index in [0.29, 0.717) is 5.92 Å². The van der Waals surface area contributed by atoms with Crippen LogP contribution in [0, 0.1) is 11.7 Å². The van der Waals surface area contributed by atoms with E-state index in [1.165, 1.54) is 5.56 Å². The van der Waals surface area contributed by atoms with E-state index in [2.05, 4.69) is 17.1 Å². The summed E-state index contributed by atoms with van der Waals surface area (Å²) in [6, 6.07) is 6.88. The number of nitrogens with zero attached hydrogens (tertiary/aromatic N) is 1. The van der Waals surface area contributed by atoms with Gasteiger partial charge in [-0.2, -0.15) is 0 Å². The second-order valence-corrected chi connectivity index (χ2v) is 4.99. The topological polar surface area (TPSA) is 15.3 Å². The molecule has 1 heterocycles. The van der Waals surface area contributed by atoms with Crippen molar-refractivity contribution in [2.45, 2.75) is 13.3 Å². The number of piperazine rings is 1. The molecule has 0 spiro atoms. The number of nitrogens with one attached hydrogen (secondary N) is 1. The average Bonchev–Trinajstić information content (AvgIpc) is 2.33. The zero-order chi connectivity index (χ0) is 12.1. The van der Waals surface area contributed by atoms with E-state index >= 15 is 0 Å². The molecule has 1 saturated heterocycles. The molecule has 1 atom stereocenters. The number of rotatable bonds is 4. The Morgan fingerprint density at radius 2 is 1.88 bits per heavy atom. The van der Waals surface area contributed by atoms with Gasteiger partial charge in [0.1, 0.15) is 5.82 Å². The molecular weight excluding hydrogens is 215 g/mol. The molecule has 0 aromatic heterocycles. The first-order valence-corrected chi connectivity index (χ1v) is 6.41.